The molecule has 0 aromatic carbocycles. The molecule has 2 rings (SSSR count). The number of hydrogen-bond donors (Lipinski definition) is 4. The first-order valence-corrected chi connectivity index (χ1v) is 4.88. The summed E-state index contributed by atoms with van der Waals surface area (Å²) in [6.45, 7) is 0.306. The number of nitrogens with one attached hydrogen (secondary N) is 4. The van der Waals surface area contributed by atoms with Crippen molar-refractivity contribution in [1.82, 2.24) is 20.3 Å². The van der Waals surface area contributed by atoms with Crippen molar-refractivity contribution < 1.29 is 4.79 Å². The molecule has 4 N–H and O–H groups in total. The average molecular weight is 234 g/mol. The number of aromatic nitrogens is 3. The second kappa shape index (κ2) is 4.52. The smallest absolute Gasteiger partial charge is 0.325 e. The Labute approximate surface area is 94.9 Å². The van der Waals surface area contributed by atoms with Gasteiger partial charge in [0, 0.05) is 25.1 Å². The van der Waals surface area contributed by atoms with Crippen molar-refractivity contribution in [3.8, 4) is 0 Å². The summed E-state index contributed by atoms with van der Waals surface area (Å²) in [4.78, 5) is 40.7. The number of amides is 1. The fourth-order valence-electron chi connectivity index (χ4n) is 1.32. The first-order chi connectivity index (χ1) is 8.16. The molecule has 0 aliphatic rings. The fraction of sp³-hybridized carbons (Fsp3) is 0.100. The van der Waals surface area contributed by atoms with Gasteiger partial charge in [0.1, 0.15) is 5.56 Å². The molecule has 7 nitrogen and oxygen atoms in total. The lowest BCUT2D eigenvalue weighted by atomic mass is 10.3. The van der Waals surface area contributed by atoms with Crippen molar-refractivity contribution in [1.29, 1.82) is 0 Å². The van der Waals surface area contributed by atoms with Crippen LogP contribution in [0.4, 0.5) is 0 Å². The maximum atomic E-state index is 11.6. The van der Waals surface area contributed by atoms with Crippen molar-refractivity contribution >= 4 is 5.91 Å². The van der Waals surface area contributed by atoms with Crippen LogP contribution in [0.5, 0.6) is 0 Å². The van der Waals surface area contributed by atoms with Gasteiger partial charge >= 0.3 is 5.69 Å². The quantitative estimate of drug-likeness (QED) is 0.564. The molecule has 0 saturated carbocycles. The monoisotopic (exact) mass is 234 g/mol. The highest BCUT2D eigenvalue weighted by Gasteiger charge is 2.10. The molecule has 2 heterocycles. The topological polar surface area (TPSA) is 111 Å². The van der Waals surface area contributed by atoms with Crippen LogP contribution in [0.2, 0.25) is 0 Å². The molecule has 0 spiro atoms. The van der Waals surface area contributed by atoms with Crippen LogP contribution in [-0.4, -0.2) is 20.9 Å². The Hall–Kier alpha value is -2.57. The highest BCUT2D eigenvalue weighted by molar-refractivity contribution is 5.93. The van der Waals surface area contributed by atoms with Gasteiger partial charge in [0.05, 0.1) is 0 Å². The van der Waals surface area contributed by atoms with Gasteiger partial charge in [-0.15, -0.1) is 0 Å². The van der Waals surface area contributed by atoms with Crippen molar-refractivity contribution in [3.05, 3.63) is 56.6 Å². The Morgan fingerprint density at radius 3 is 2.76 bits per heavy atom. The van der Waals surface area contributed by atoms with Crippen molar-refractivity contribution in [2.24, 2.45) is 0 Å². The maximum absolute atomic E-state index is 11.6. The van der Waals surface area contributed by atoms with Crippen LogP contribution in [0.15, 0.2) is 34.2 Å². The third-order valence-corrected chi connectivity index (χ3v) is 2.18. The van der Waals surface area contributed by atoms with Crippen molar-refractivity contribution in [3.63, 3.8) is 0 Å². The van der Waals surface area contributed by atoms with Gasteiger partial charge in [-0.2, -0.15) is 0 Å². The van der Waals surface area contributed by atoms with E-state index in [9.17, 15) is 14.4 Å². The van der Waals surface area contributed by atoms with Crippen molar-refractivity contribution in [2.75, 3.05) is 0 Å². The first kappa shape index (κ1) is 10.9. The van der Waals surface area contributed by atoms with Gasteiger partial charge in [0.25, 0.3) is 11.5 Å². The normalized spacial score (nSPS) is 10.1. The highest BCUT2D eigenvalue weighted by atomic mass is 16.2. The van der Waals surface area contributed by atoms with Crippen LogP contribution in [0.25, 0.3) is 0 Å². The van der Waals surface area contributed by atoms with Crippen LogP contribution >= 0.6 is 0 Å². The zero-order valence-electron chi connectivity index (χ0n) is 8.74. The van der Waals surface area contributed by atoms with Crippen LogP contribution < -0.4 is 16.6 Å². The number of carbonyl (C=O) groups is 1. The largest absolute Gasteiger partial charge is 0.367 e. The number of rotatable bonds is 3. The molecule has 7 heteroatoms. The Bertz CT molecular complexity index is 623. The lowest BCUT2D eigenvalue weighted by molar-refractivity contribution is 0.0949. The van der Waals surface area contributed by atoms with Gasteiger partial charge in [-0.25, -0.2) is 4.79 Å². The molecule has 0 bridgehead atoms. The Balaban J connectivity index is 2.10. The Morgan fingerprint density at radius 1 is 1.29 bits per heavy atom. The zero-order valence-corrected chi connectivity index (χ0v) is 8.74. The van der Waals surface area contributed by atoms with E-state index in [1.165, 1.54) is 0 Å². The van der Waals surface area contributed by atoms with Gasteiger partial charge in [-0.3, -0.25) is 14.6 Å². The predicted octanol–water partition coefficient (Wildman–Crippen LogP) is -0.679. The number of aromatic amines is 3. The van der Waals surface area contributed by atoms with E-state index in [1.807, 2.05) is 4.98 Å². The molecular weight excluding hydrogens is 224 g/mol. The summed E-state index contributed by atoms with van der Waals surface area (Å²) in [6, 6.07) is 1.80. The van der Waals surface area contributed by atoms with E-state index >= 15 is 0 Å². The third kappa shape index (κ3) is 2.51. The predicted molar refractivity (Wildman–Crippen MR) is 59.6 cm³/mol. The van der Waals surface area contributed by atoms with Crippen LogP contribution in [0, 0.1) is 0 Å². The van der Waals surface area contributed by atoms with E-state index in [4.69, 9.17) is 0 Å². The lowest BCUT2D eigenvalue weighted by Gasteiger charge is -2.02. The van der Waals surface area contributed by atoms with Gasteiger partial charge in [-0.1, -0.05) is 0 Å². The molecule has 0 unspecified atom stereocenters. The summed E-state index contributed by atoms with van der Waals surface area (Å²) in [7, 11) is 0. The van der Waals surface area contributed by atoms with E-state index in [-0.39, 0.29) is 5.56 Å². The van der Waals surface area contributed by atoms with E-state index in [0.29, 0.717) is 6.54 Å². The molecule has 0 aliphatic carbocycles. The first-order valence-electron chi connectivity index (χ1n) is 4.88. The molecule has 0 radical (unpaired) electrons. The van der Waals surface area contributed by atoms with E-state index in [1.54, 1.807) is 18.5 Å². The second-order valence-electron chi connectivity index (χ2n) is 3.39. The molecule has 88 valence electrons. The standard InChI is InChI=1S/C10H10N4O3/c15-8(12-4-6-1-2-11-3-6)7-5-13-10(17)14-9(7)16/h1-3,5,11H,4H2,(H,12,15)(H2,13,14,16,17). The molecular formula is C10H10N4O3. The van der Waals surface area contributed by atoms with Crippen molar-refractivity contribution in [2.45, 2.75) is 6.54 Å². The molecule has 17 heavy (non-hydrogen) atoms. The summed E-state index contributed by atoms with van der Waals surface area (Å²) in [6.07, 6.45) is 4.55. The van der Waals surface area contributed by atoms with E-state index < -0.39 is 17.2 Å². The van der Waals surface area contributed by atoms with Gasteiger partial charge in [-0.05, 0) is 11.6 Å². The molecule has 1 amide bonds. The fourth-order valence-corrected chi connectivity index (χ4v) is 1.32. The highest BCUT2D eigenvalue weighted by Crippen LogP contribution is 1.95. The van der Waals surface area contributed by atoms with Gasteiger partial charge in [0.2, 0.25) is 0 Å². The SMILES string of the molecule is O=C(NCc1cc[nH]c1)c1c[nH]c(=O)[nH]c1=O. The molecule has 0 aliphatic heterocycles. The molecule has 0 atom stereocenters. The molecule has 2 aromatic rings. The Morgan fingerprint density at radius 2 is 2.12 bits per heavy atom. The van der Waals surface area contributed by atoms with Crippen LogP contribution in [-0.2, 0) is 6.54 Å². The summed E-state index contributed by atoms with van der Waals surface area (Å²) < 4.78 is 0. The Kier molecular flexibility index (Phi) is 2.91. The van der Waals surface area contributed by atoms with Gasteiger partial charge < -0.3 is 15.3 Å². The average Bonchev–Trinajstić information content (AvgIpc) is 2.78. The maximum Gasteiger partial charge on any atom is 0.325 e. The number of H-pyrrole nitrogens is 3. The minimum Gasteiger partial charge on any atom is -0.367 e. The second-order valence-corrected chi connectivity index (χ2v) is 3.39. The van der Waals surface area contributed by atoms with E-state index in [0.717, 1.165) is 11.8 Å². The van der Waals surface area contributed by atoms with Crippen LogP contribution in [0.3, 0.4) is 0 Å². The lowest BCUT2D eigenvalue weighted by Crippen LogP contribution is -2.33. The minimum absolute atomic E-state index is 0.125. The molecule has 2 aromatic heterocycles. The summed E-state index contributed by atoms with van der Waals surface area (Å²) in [5.74, 6) is -0.538. The van der Waals surface area contributed by atoms with Gasteiger partial charge in [0.15, 0.2) is 0 Å². The number of hydrogen-bond acceptors (Lipinski definition) is 3. The molecule has 0 fully saturated rings. The van der Waals surface area contributed by atoms with Crippen LogP contribution in [0.1, 0.15) is 15.9 Å². The zero-order chi connectivity index (χ0) is 12.3. The molecule has 0 saturated heterocycles. The summed E-state index contributed by atoms with van der Waals surface area (Å²) in [5, 5.41) is 2.56. The minimum atomic E-state index is -0.708. The third-order valence-electron chi connectivity index (χ3n) is 2.18. The summed E-state index contributed by atoms with van der Waals surface area (Å²) >= 11 is 0. The summed E-state index contributed by atoms with van der Waals surface area (Å²) in [5.41, 5.74) is -0.586. The number of carbonyl (C=O) groups excluding carboxylic acids is 1. The van der Waals surface area contributed by atoms with E-state index in [2.05, 4.69) is 15.3 Å².